The quantitative estimate of drug-likeness (QED) is 0.0251. The molecule has 14 heteroatoms. The zero-order valence-electron chi connectivity index (χ0n) is 50.5. The molecule has 0 bridgehead atoms. The van der Waals surface area contributed by atoms with Gasteiger partial charge in [-0.1, -0.05) is 133 Å². The van der Waals surface area contributed by atoms with Crippen LogP contribution in [0.5, 0.6) is 0 Å². The Morgan fingerprint density at radius 3 is 1.90 bits per heavy atom. The minimum Gasteiger partial charge on any atom is -0.352 e. The molecule has 430 valence electrons. The fourth-order valence-corrected chi connectivity index (χ4v) is 9.68. The van der Waals surface area contributed by atoms with Crippen LogP contribution in [0.25, 0.3) is 32.6 Å². The molecule has 3 aromatic carbocycles. The second-order valence-electron chi connectivity index (χ2n) is 23.1. The number of pyridine rings is 2. The van der Waals surface area contributed by atoms with Crippen molar-refractivity contribution in [3.8, 4) is 0 Å². The van der Waals surface area contributed by atoms with Gasteiger partial charge in [-0.2, -0.15) is 0 Å². The maximum absolute atomic E-state index is 13.3. The Labute approximate surface area is 468 Å². The SMILES string of the molecule is CC(C)C.CCC(=O)N(CCNCC(C)(C)C(C)N(CCCCN1C(=O)c2cccc3cccc(c23)C1=O)CC(C)C)C(C)CC.CCCCC(C)(CC)CC(=O)Nc1cc2cccnc2c2ncccc12.CCNC(N)=O. The van der Waals surface area contributed by atoms with Crippen LogP contribution in [0.3, 0.4) is 0 Å². The molecule has 3 heterocycles. The Morgan fingerprint density at radius 2 is 1.36 bits per heavy atom. The highest BCUT2D eigenvalue weighted by molar-refractivity contribution is 6.25. The average Bonchev–Trinajstić information content (AvgIpc) is 3.56. The molecule has 78 heavy (non-hydrogen) atoms. The minimum absolute atomic E-state index is 0.0199. The van der Waals surface area contributed by atoms with E-state index in [1.54, 1.807) is 12.4 Å². The Balaban J connectivity index is 0.000000374. The lowest BCUT2D eigenvalue weighted by molar-refractivity contribution is -0.132. The Hall–Kier alpha value is -5.99. The van der Waals surface area contributed by atoms with Crippen LogP contribution in [0.4, 0.5) is 10.5 Å². The van der Waals surface area contributed by atoms with Gasteiger partial charge in [0.15, 0.2) is 0 Å². The number of nitrogens with zero attached hydrogens (tertiary/aromatic N) is 5. The van der Waals surface area contributed by atoms with Crippen LogP contribution in [0.1, 0.15) is 182 Å². The van der Waals surface area contributed by atoms with Crippen molar-refractivity contribution in [3.63, 3.8) is 0 Å². The Morgan fingerprint density at radius 1 is 0.756 bits per heavy atom. The van der Waals surface area contributed by atoms with E-state index in [0.717, 1.165) is 122 Å². The predicted molar refractivity (Wildman–Crippen MR) is 325 cm³/mol. The molecular weight excluding hydrogens is 975 g/mol. The van der Waals surface area contributed by atoms with Crippen molar-refractivity contribution < 1.29 is 24.0 Å². The van der Waals surface area contributed by atoms with E-state index in [-0.39, 0.29) is 40.5 Å². The summed E-state index contributed by atoms with van der Waals surface area (Å²) in [6.45, 7) is 37.8. The van der Waals surface area contributed by atoms with Gasteiger partial charge < -0.3 is 26.6 Å². The van der Waals surface area contributed by atoms with E-state index in [0.29, 0.717) is 49.0 Å². The number of imide groups is 1. The van der Waals surface area contributed by atoms with Crippen LogP contribution in [0, 0.1) is 22.7 Å². The van der Waals surface area contributed by atoms with Gasteiger partial charge in [-0.15, -0.1) is 0 Å². The highest BCUT2D eigenvalue weighted by Crippen LogP contribution is 2.35. The van der Waals surface area contributed by atoms with Crippen LogP contribution in [-0.2, 0) is 9.59 Å². The van der Waals surface area contributed by atoms with Gasteiger partial charge >= 0.3 is 6.03 Å². The number of aromatic nitrogens is 2. The van der Waals surface area contributed by atoms with Crippen molar-refractivity contribution in [2.24, 2.45) is 28.4 Å². The first-order valence-electron chi connectivity index (χ1n) is 29.1. The molecule has 0 radical (unpaired) electrons. The van der Waals surface area contributed by atoms with E-state index in [4.69, 9.17) is 0 Å². The van der Waals surface area contributed by atoms with Crippen molar-refractivity contribution in [2.75, 3.05) is 51.1 Å². The van der Waals surface area contributed by atoms with E-state index in [1.165, 1.54) is 4.90 Å². The Kier molecular flexibility index (Phi) is 27.9. The van der Waals surface area contributed by atoms with Crippen LogP contribution >= 0.6 is 0 Å². The van der Waals surface area contributed by atoms with Crippen LogP contribution < -0.4 is 21.7 Å². The molecule has 3 unspecified atom stereocenters. The van der Waals surface area contributed by atoms with Crippen LogP contribution in [0.2, 0.25) is 0 Å². The summed E-state index contributed by atoms with van der Waals surface area (Å²) in [6, 6.07) is 21.3. The maximum atomic E-state index is 13.3. The number of hydrogen-bond donors (Lipinski definition) is 4. The summed E-state index contributed by atoms with van der Waals surface area (Å²) >= 11 is 0. The summed E-state index contributed by atoms with van der Waals surface area (Å²) in [5.74, 6) is 1.28. The van der Waals surface area contributed by atoms with Crippen molar-refractivity contribution >= 4 is 67.9 Å². The largest absolute Gasteiger partial charge is 0.352 e. The fourth-order valence-electron chi connectivity index (χ4n) is 9.68. The number of carbonyl (C=O) groups excluding carboxylic acids is 5. The molecule has 1 aliphatic heterocycles. The molecule has 6 amide bonds. The second kappa shape index (κ2) is 32.8. The number of unbranched alkanes of at least 4 members (excludes halogenated alkanes) is 2. The first-order valence-corrected chi connectivity index (χ1v) is 29.1. The van der Waals surface area contributed by atoms with E-state index >= 15 is 0 Å². The molecule has 0 saturated carbocycles. The zero-order chi connectivity index (χ0) is 58.2. The summed E-state index contributed by atoms with van der Waals surface area (Å²) in [7, 11) is 0. The standard InChI is InChI=1S/C35H54N4O3.C22H27N3O.C4H10.C3H8N2O/c1-9-26(5)38(31(40)10-2)22-19-36-24-35(7,8)27(6)37(23-25(3)4)20-11-12-21-39-33(41)29-17-13-15-28-16-14-18-30(32(28)29)34(39)42;1-4-6-11-22(3,5-2)15-19(26)25-18-14-16-9-7-12-23-20(16)21-17(18)10-8-13-24-21;1-4(2)3;1-2-5-3(4)6/h13-18,25-27,36H,9-12,19-24H2,1-8H3;7-10,12-14H,4-6,11,15H2,1-3H3,(H,25,26);4H,1-3H3;2H2,1H3,(H3,4,5,6). The Bertz CT molecular complexity index is 2630. The van der Waals surface area contributed by atoms with E-state index in [2.05, 4.69) is 127 Å². The van der Waals surface area contributed by atoms with Gasteiger partial charge in [-0.3, -0.25) is 38.9 Å². The molecule has 5 aromatic rings. The number of hydrogen-bond acceptors (Lipinski definition) is 9. The second-order valence-corrected chi connectivity index (χ2v) is 23.1. The summed E-state index contributed by atoms with van der Waals surface area (Å²) in [4.78, 5) is 76.4. The van der Waals surface area contributed by atoms with Crippen molar-refractivity contribution in [1.29, 1.82) is 0 Å². The van der Waals surface area contributed by atoms with Gasteiger partial charge in [0, 0.05) is 104 Å². The van der Waals surface area contributed by atoms with Gasteiger partial charge in [-0.05, 0) is 117 Å². The molecule has 14 nitrogen and oxygen atoms in total. The normalized spacial score (nSPS) is 13.7. The molecule has 0 fully saturated rings. The number of fused-ring (bicyclic) bond motifs is 3. The first kappa shape index (κ1) is 66.3. The molecule has 2 aromatic heterocycles. The number of primary amides is 1. The van der Waals surface area contributed by atoms with E-state index < -0.39 is 6.03 Å². The lowest BCUT2D eigenvalue weighted by Gasteiger charge is -2.41. The van der Waals surface area contributed by atoms with Crippen LogP contribution in [0.15, 0.2) is 79.1 Å². The number of benzene rings is 3. The maximum Gasteiger partial charge on any atom is 0.312 e. The summed E-state index contributed by atoms with van der Waals surface area (Å²) in [6.07, 6.45) is 11.7. The van der Waals surface area contributed by atoms with Crippen LogP contribution in [-0.4, -0.2) is 112 Å². The third kappa shape index (κ3) is 20.0. The molecular formula is C64H99N9O5. The third-order valence-electron chi connectivity index (χ3n) is 14.7. The number of rotatable bonds is 25. The monoisotopic (exact) mass is 1070 g/mol. The number of anilines is 1. The summed E-state index contributed by atoms with van der Waals surface area (Å²) in [5, 5.41) is 12.8. The first-order chi connectivity index (χ1) is 37.0. The van der Waals surface area contributed by atoms with Gasteiger partial charge in [0.05, 0.1) is 16.7 Å². The van der Waals surface area contributed by atoms with Crippen molar-refractivity contribution in [3.05, 3.63) is 90.3 Å². The molecule has 1 aliphatic rings. The van der Waals surface area contributed by atoms with Gasteiger partial charge in [0.25, 0.3) is 11.8 Å². The van der Waals surface area contributed by atoms with Crippen molar-refractivity contribution in [2.45, 2.75) is 174 Å². The third-order valence-corrected chi connectivity index (χ3v) is 14.7. The number of nitrogens with one attached hydrogen (secondary N) is 3. The number of nitrogens with two attached hydrogens (primary N) is 1. The average molecular weight is 1070 g/mol. The molecule has 0 saturated heterocycles. The molecule has 6 rings (SSSR count). The summed E-state index contributed by atoms with van der Waals surface area (Å²) < 4.78 is 0. The predicted octanol–water partition coefficient (Wildman–Crippen LogP) is 13.3. The lowest BCUT2D eigenvalue weighted by atomic mass is 9.79. The molecule has 3 atom stereocenters. The van der Waals surface area contributed by atoms with E-state index in [1.807, 2.05) is 85.5 Å². The molecule has 0 aliphatic carbocycles. The van der Waals surface area contributed by atoms with Gasteiger partial charge in [0.1, 0.15) is 0 Å². The number of urea groups is 1. The molecule has 0 spiro atoms. The molecule has 5 N–H and O–H groups in total. The van der Waals surface area contributed by atoms with Crippen molar-refractivity contribution in [1.82, 2.24) is 35.3 Å². The zero-order valence-corrected chi connectivity index (χ0v) is 50.5. The fraction of sp³-hybridized carbons (Fsp3) is 0.578. The lowest BCUT2D eigenvalue weighted by Crippen LogP contribution is -2.50. The topological polar surface area (TPSA) is 183 Å². The highest BCUT2D eigenvalue weighted by atomic mass is 16.2. The minimum atomic E-state index is -0.461. The smallest absolute Gasteiger partial charge is 0.312 e. The van der Waals surface area contributed by atoms with E-state index in [9.17, 15) is 24.0 Å². The summed E-state index contributed by atoms with van der Waals surface area (Å²) in [5.41, 5.74) is 8.47. The van der Waals surface area contributed by atoms with Gasteiger partial charge in [0.2, 0.25) is 11.8 Å². The number of amides is 6. The van der Waals surface area contributed by atoms with Gasteiger partial charge in [-0.25, -0.2) is 4.79 Å². The number of carbonyl (C=O) groups is 5. The highest BCUT2D eigenvalue weighted by Gasteiger charge is 2.34.